The number of aromatic nitrogens is 2. The first-order chi connectivity index (χ1) is 12.5. The second kappa shape index (κ2) is 7.06. The molecule has 7 nitrogen and oxygen atoms in total. The van der Waals surface area contributed by atoms with E-state index in [4.69, 9.17) is 4.74 Å². The molecule has 26 heavy (non-hydrogen) atoms. The van der Waals surface area contributed by atoms with E-state index in [0.29, 0.717) is 16.0 Å². The van der Waals surface area contributed by atoms with E-state index in [-0.39, 0.29) is 11.3 Å². The highest BCUT2D eigenvalue weighted by Crippen LogP contribution is 2.20. The van der Waals surface area contributed by atoms with Gasteiger partial charge >= 0.3 is 5.69 Å². The molecule has 3 rings (SSSR count). The predicted octanol–water partition coefficient (Wildman–Crippen LogP) is 2.13. The molecule has 0 radical (unpaired) electrons. The van der Waals surface area contributed by atoms with Crippen molar-refractivity contribution in [1.82, 2.24) is 9.55 Å². The van der Waals surface area contributed by atoms with E-state index in [1.807, 2.05) is 4.98 Å². The van der Waals surface area contributed by atoms with E-state index in [0.717, 1.165) is 12.3 Å². The van der Waals surface area contributed by atoms with E-state index >= 15 is 0 Å². The highest BCUT2D eigenvalue weighted by Gasteiger charge is 2.16. The van der Waals surface area contributed by atoms with Gasteiger partial charge in [-0.3, -0.25) is 14.8 Å². The number of aromatic hydroxyl groups is 1. The molecule has 0 aliphatic rings. The van der Waals surface area contributed by atoms with E-state index in [1.54, 1.807) is 24.3 Å². The first-order valence-electron chi connectivity index (χ1n) is 7.52. The first kappa shape index (κ1) is 17.2. The van der Waals surface area contributed by atoms with Crippen LogP contribution in [-0.2, 0) is 0 Å². The van der Waals surface area contributed by atoms with Crippen LogP contribution in [0.5, 0.6) is 11.6 Å². The van der Waals surface area contributed by atoms with Crippen molar-refractivity contribution in [1.29, 1.82) is 0 Å². The van der Waals surface area contributed by atoms with E-state index in [1.165, 1.54) is 25.3 Å². The topological polar surface area (TPSA) is 96.7 Å². The van der Waals surface area contributed by atoms with Gasteiger partial charge in [-0.25, -0.2) is 13.8 Å². The molecule has 1 aromatic heterocycles. The summed E-state index contributed by atoms with van der Waals surface area (Å²) in [7, 11) is 1.53. The number of nitrogens with one attached hydrogen (secondary N) is 1. The minimum Gasteiger partial charge on any atom is -0.497 e. The van der Waals surface area contributed by atoms with Gasteiger partial charge in [-0.2, -0.15) is 0 Å². The highest BCUT2D eigenvalue weighted by atomic mass is 19.1. The molecule has 8 heteroatoms. The van der Waals surface area contributed by atoms with E-state index < -0.39 is 22.9 Å². The number of aromatic amines is 1. The fourth-order valence-electron chi connectivity index (χ4n) is 2.32. The first-order valence-corrected chi connectivity index (χ1v) is 7.52. The number of hydrogen-bond acceptors (Lipinski definition) is 5. The average Bonchev–Trinajstić information content (AvgIpc) is 2.63. The number of aliphatic imine (C=N–C) groups is 1. The second-order valence-electron chi connectivity index (χ2n) is 5.24. The normalized spacial score (nSPS) is 11.0. The maximum Gasteiger partial charge on any atom is 0.335 e. The molecule has 0 saturated carbocycles. The Kier molecular flexibility index (Phi) is 4.66. The smallest absolute Gasteiger partial charge is 0.335 e. The molecule has 0 amide bonds. The Bertz CT molecular complexity index is 1080. The Hall–Kier alpha value is -3.68. The standard InChI is InChI=1S/C18H14FN3O4/c1-26-12-8-6-11(7-9-12)20-10-13-16(23)21-18(25)22(17(13)24)15-5-3-2-4-14(15)19/h2-10,24H,1H3,(H,21,23,25). The van der Waals surface area contributed by atoms with Gasteiger partial charge in [-0.1, -0.05) is 12.1 Å². The van der Waals surface area contributed by atoms with E-state index in [2.05, 4.69) is 4.99 Å². The summed E-state index contributed by atoms with van der Waals surface area (Å²) in [4.78, 5) is 30.2. The SMILES string of the molecule is COc1ccc(N=Cc2c(O)n(-c3ccccc3F)c(=O)[nH]c2=O)cc1. The Morgan fingerprint density at radius 1 is 1.15 bits per heavy atom. The average molecular weight is 355 g/mol. The molecule has 0 atom stereocenters. The fraction of sp³-hybridized carbons (Fsp3) is 0.0556. The van der Waals surface area contributed by atoms with Gasteiger partial charge in [0.1, 0.15) is 17.1 Å². The van der Waals surface area contributed by atoms with Crippen LogP contribution in [0.4, 0.5) is 10.1 Å². The molecule has 3 aromatic rings. The fourth-order valence-corrected chi connectivity index (χ4v) is 2.32. The monoisotopic (exact) mass is 355 g/mol. The molecule has 2 aromatic carbocycles. The van der Waals surface area contributed by atoms with Crippen molar-refractivity contribution in [3.8, 4) is 17.3 Å². The quantitative estimate of drug-likeness (QED) is 0.701. The van der Waals surface area contributed by atoms with Crippen molar-refractivity contribution in [2.45, 2.75) is 0 Å². The molecule has 0 unspecified atom stereocenters. The lowest BCUT2D eigenvalue weighted by Gasteiger charge is -2.10. The molecule has 0 aliphatic carbocycles. The Labute approximate surface area is 146 Å². The molecular weight excluding hydrogens is 341 g/mol. The zero-order valence-corrected chi connectivity index (χ0v) is 13.6. The van der Waals surface area contributed by atoms with Crippen molar-refractivity contribution < 1.29 is 14.2 Å². The summed E-state index contributed by atoms with van der Waals surface area (Å²) in [6.45, 7) is 0. The summed E-state index contributed by atoms with van der Waals surface area (Å²) >= 11 is 0. The molecule has 1 heterocycles. The Morgan fingerprint density at radius 3 is 2.50 bits per heavy atom. The Morgan fingerprint density at radius 2 is 1.85 bits per heavy atom. The maximum atomic E-state index is 14.0. The number of rotatable bonds is 4. The van der Waals surface area contributed by atoms with Crippen molar-refractivity contribution >= 4 is 11.9 Å². The number of para-hydroxylation sites is 1. The van der Waals surface area contributed by atoms with Crippen LogP contribution in [0.2, 0.25) is 0 Å². The largest absolute Gasteiger partial charge is 0.497 e. The summed E-state index contributed by atoms with van der Waals surface area (Å²) in [5, 5.41) is 10.4. The van der Waals surface area contributed by atoms with Crippen LogP contribution >= 0.6 is 0 Å². The number of H-pyrrole nitrogens is 1. The summed E-state index contributed by atoms with van der Waals surface area (Å²) in [6, 6.07) is 12.0. The van der Waals surface area contributed by atoms with Gasteiger partial charge in [0.15, 0.2) is 0 Å². The van der Waals surface area contributed by atoms with Crippen LogP contribution in [0.1, 0.15) is 5.56 Å². The van der Waals surface area contributed by atoms with E-state index in [9.17, 15) is 19.1 Å². The molecule has 0 aliphatic heterocycles. The van der Waals surface area contributed by atoms with Crippen LogP contribution < -0.4 is 16.0 Å². The van der Waals surface area contributed by atoms with Gasteiger partial charge in [0, 0.05) is 6.21 Å². The number of benzene rings is 2. The Balaban J connectivity index is 2.09. The molecule has 0 saturated heterocycles. The summed E-state index contributed by atoms with van der Waals surface area (Å²) in [6.07, 6.45) is 1.10. The lowest BCUT2D eigenvalue weighted by molar-refractivity contribution is 0.415. The molecule has 2 N–H and O–H groups in total. The minimum atomic E-state index is -0.959. The maximum absolute atomic E-state index is 14.0. The zero-order chi connectivity index (χ0) is 18.7. The third-order valence-corrected chi connectivity index (χ3v) is 3.63. The zero-order valence-electron chi connectivity index (χ0n) is 13.6. The van der Waals surface area contributed by atoms with Crippen LogP contribution in [0, 0.1) is 5.82 Å². The number of ether oxygens (including phenoxy) is 1. The summed E-state index contributed by atoms with van der Waals surface area (Å²) < 4.78 is 19.7. The third kappa shape index (κ3) is 3.25. The van der Waals surface area contributed by atoms with Gasteiger partial charge in [0.25, 0.3) is 5.56 Å². The van der Waals surface area contributed by atoms with Crippen molar-refractivity contribution in [2.75, 3.05) is 7.11 Å². The lowest BCUT2D eigenvalue weighted by atomic mass is 10.2. The third-order valence-electron chi connectivity index (χ3n) is 3.63. The molecule has 0 bridgehead atoms. The lowest BCUT2D eigenvalue weighted by Crippen LogP contribution is -2.31. The number of methoxy groups -OCH3 is 1. The van der Waals surface area contributed by atoms with Crippen LogP contribution in [0.25, 0.3) is 5.69 Å². The van der Waals surface area contributed by atoms with Gasteiger partial charge in [0.05, 0.1) is 18.5 Å². The van der Waals surface area contributed by atoms with Crippen molar-refractivity contribution in [3.05, 3.63) is 80.7 Å². The van der Waals surface area contributed by atoms with Crippen LogP contribution in [0.3, 0.4) is 0 Å². The number of hydrogen-bond donors (Lipinski definition) is 2. The van der Waals surface area contributed by atoms with Gasteiger partial charge in [-0.15, -0.1) is 0 Å². The molecule has 0 spiro atoms. The molecule has 132 valence electrons. The van der Waals surface area contributed by atoms with Crippen LogP contribution in [-0.4, -0.2) is 28.0 Å². The van der Waals surface area contributed by atoms with Gasteiger partial charge in [-0.05, 0) is 36.4 Å². The summed E-state index contributed by atoms with van der Waals surface area (Å²) in [5.41, 5.74) is -1.76. The minimum absolute atomic E-state index is 0.189. The molecule has 0 fully saturated rings. The van der Waals surface area contributed by atoms with Crippen LogP contribution in [0.15, 0.2) is 63.1 Å². The number of halogens is 1. The van der Waals surface area contributed by atoms with Crippen molar-refractivity contribution in [3.63, 3.8) is 0 Å². The predicted molar refractivity (Wildman–Crippen MR) is 94.5 cm³/mol. The van der Waals surface area contributed by atoms with Crippen molar-refractivity contribution in [2.24, 2.45) is 4.99 Å². The second-order valence-corrected chi connectivity index (χ2v) is 5.24. The van der Waals surface area contributed by atoms with Gasteiger partial charge in [0.2, 0.25) is 5.88 Å². The summed E-state index contributed by atoms with van der Waals surface area (Å²) in [5.74, 6) is -0.797. The number of nitrogens with zero attached hydrogens (tertiary/aromatic N) is 2. The van der Waals surface area contributed by atoms with Gasteiger partial charge < -0.3 is 9.84 Å². The highest BCUT2D eigenvalue weighted by molar-refractivity contribution is 5.84. The molecular formula is C18H14FN3O4.